The van der Waals surface area contributed by atoms with Gasteiger partial charge in [-0.2, -0.15) is 0 Å². The number of fused-ring (bicyclic) bond motifs is 9. The Morgan fingerprint density at radius 3 is 1.65 bits per heavy atom. The van der Waals surface area contributed by atoms with Crippen LogP contribution in [0.2, 0.25) is 0 Å². The highest BCUT2D eigenvalue weighted by Gasteiger charge is 2.28. The molecule has 0 saturated heterocycles. The molecule has 2 aliphatic rings. The first-order valence-corrected chi connectivity index (χ1v) is 17.9. The van der Waals surface area contributed by atoms with Gasteiger partial charge in [0.1, 0.15) is 0 Å². The highest BCUT2D eigenvalue weighted by molar-refractivity contribution is 6.15. The van der Waals surface area contributed by atoms with Gasteiger partial charge in [-0.15, -0.1) is 0 Å². The SMILES string of the molecule is c1ccc2c(c1)Cc1cc(N(c3cccc4ccccc34)c3cc4ccccc4c4ccccc34)ccc1-c1cccc3c1Cc1c-2cccc1-3. The number of anilines is 3. The minimum absolute atomic E-state index is 0.842. The molecule has 1 nitrogen and oxygen atoms in total. The summed E-state index contributed by atoms with van der Waals surface area (Å²) in [7, 11) is 0. The topological polar surface area (TPSA) is 3.24 Å². The molecule has 0 fully saturated rings. The van der Waals surface area contributed by atoms with E-state index in [9.17, 15) is 0 Å². The fourth-order valence-electron chi connectivity index (χ4n) is 9.04. The smallest absolute Gasteiger partial charge is 0.0546 e. The molecule has 0 radical (unpaired) electrons. The quantitative estimate of drug-likeness (QED) is 0.173. The Morgan fingerprint density at radius 1 is 0.314 bits per heavy atom. The van der Waals surface area contributed by atoms with Gasteiger partial charge in [0.2, 0.25) is 0 Å². The minimum Gasteiger partial charge on any atom is -0.309 e. The zero-order valence-corrected chi connectivity index (χ0v) is 28.1. The van der Waals surface area contributed by atoms with Crippen LogP contribution in [0, 0.1) is 0 Å². The molecule has 51 heavy (non-hydrogen) atoms. The number of benzene rings is 9. The fraction of sp³-hybridized carbons (Fsp3) is 0.0400. The van der Waals surface area contributed by atoms with Gasteiger partial charge in [-0.3, -0.25) is 0 Å². The summed E-state index contributed by atoms with van der Waals surface area (Å²) in [6.07, 6.45) is 1.80. The van der Waals surface area contributed by atoms with Crippen LogP contribution in [0.15, 0.2) is 176 Å². The Morgan fingerprint density at radius 2 is 0.863 bits per heavy atom. The maximum atomic E-state index is 2.51. The molecule has 11 rings (SSSR count). The van der Waals surface area contributed by atoms with Crippen LogP contribution < -0.4 is 4.90 Å². The molecule has 9 aromatic rings. The molecule has 0 unspecified atom stereocenters. The average Bonchev–Trinajstić information content (AvgIpc) is 3.58. The second kappa shape index (κ2) is 11.0. The predicted octanol–water partition coefficient (Wildman–Crippen LogP) is 13.4. The summed E-state index contributed by atoms with van der Waals surface area (Å²) < 4.78 is 0. The fourth-order valence-corrected chi connectivity index (χ4v) is 9.04. The van der Waals surface area contributed by atoms with Gasteiger partial charge < -0.3 is 4.90 Å². The monoisotopic (exact) mass is 647 g/mol. The molecule has 0 amide bonds. The van der Waals surface area contributed by atoms with Gasteiger partial charge in [-0.05, 0) is 114 Å². The molecule has 9 aromatic carbocycles. The van der Waals surface area contributed by atoms with Crippen LogP contribution in [-0.4, -0.2) is 0 Å². The average molecular weight is 648 g/mol. The summed E-state index contributed by atoms with van der Waals surface area (Å²) in [6.45, 7) is 0. The zero-order valence-electron chi connectivity index (χ0n) is 28.1. The highest BCUT2D eigenvalue weighted by atomic mass is 15.1. The summed E-state index contributed by atoms with van der Waals surface area (Å²) >= 11 is 0. The number of hydrogen-bond donors (Lipinski definition) is 0. The lowest BCUT2D eigenvalue weighted by molar-refractivity contribution is 1.16. The van der Waals surface area contributed by atoms with Crippen molar-refractivity contribution in [2.45, 2.75) is 12.8 Å². The van der Waals surface area contributed by atoms with Crippen LogP contribution in [0.3, 0.4) is 0 Å². The van der Waals surface area contributed by atoms with Gasteiger partial charge in [0.05, 0.1) is 11.4 Å². The van der Waals surface area contributed by atoms with Crippen LogP contribution in [-0.2, 0) is 12.8 Å². The van der Waals surface area contributed by atoms with E-state index in [0.29, 0.717) is 0 Å². The van der Waals surface area contributed by atoms with E-state index in [2.05, 4.69) is 181 Å². The summed E-state index contributed by atoms with van der Waals surface area (Å²) in [5.41, 5.74) is 17.3. The summed E-state index contributed by atoms with van der Waals surface area (Å²) in [4.78, 5) is 2.51. The Bertz CT molecular complexity index is 2870. The van der Waals surface area contributed by atoms with Gasteiger partial charge in [0.25, 0.3) is 0 Å². The summed E-state index contributed by atoms with van der Waals surface area (Å²) in [5.74, 6) is 0. The van der Waals surface area contributed by atoms with E-state index in [1.165, 1.54) is 99.3 Å². The number of hydrogen-bond acceptors (Lipinski definition) is 1. The van der Waals surface area contributed by atoms with Crippen LogP contribution in [0.5, 0.6) is 0 Å². The van der Waals surface area contributed by atoms with Crippen LogP contribution in [0.4, 0.5) is 17.1 Å². The molecule has 0 saturated carbocycles. The second-order valence-electron chi connectivity index (χ2n) is 14.0. The summed E-state index contributed by atoms with van der Waals surface area (Å²) in [5, 5.41) is 7.48. The first-order valence-electron chi connectivity index (χ1n) is 17.9. The van der Waals surface area contributed by atoms with Crippen molar-refractivity contribution >= 4 is 49.4 Å². The Kier molecular flexibility index (Phi) is 6.15. The molecule has 0 atom stereocenters. The number of nitrogens with zero attached hydrogens (tertiary/aromatic N) is 1. The van der Waals surface area contributed by atoms with Crippen molar-refractivity contribution in [1.29, 1.82) is 0 Å². The van der Waals surface area contributed by atoms with Crippen molar-refractivity contribution < 1.29 is 0 Å². The van der Waals surface area contributed by atoms with Gasteiger partial charge in [0, 0.05) is 16.5 Å². The van der Waals surface area contributed by atoms with Crippen molar-refractivity contribution in [2.75, 3.05) is 4.90 Å². The van der Waals surface area contributed by atoms with E-state index in [4.69, 9.17) is 0 Å². The van der Waals surface area contributed by atoms with Crippen molar-refractivity contribution in [3.8, 4) is 33.4 Å². The number of rotatable bonds is 3. The van der Waals surface area contributed by atoms with Gasteiger partial charge in [0.15, 0.2) is 0 Å². The molecule has 1 heteroatoms. The third kappa shape index (κ3) is 4.28. The molecule has 238 valence electrons. The first-order chi connectivity index (χ1) is 25.3. The normalized spacial score (nSPS) is 12.5. The third-order valence-electron chi connectivity index (χ3n) is 11.3. The van der Waals surface area contributed by atoms with Crippen molar-refractivity contribution in [2.24, 2.45) is 0 Å². The molecule has 0 heterocycles. The largest absolute Gasteiger partial charge is 0.309 e. The van der Waals surface area contributed by atoms with E-state index < -0.39 is 0 Å². The van der Waals surface area contributed by atoms with Crippen LogP contribution in [0.25, 0.3) is 65.7 Å². The Balaban J connectivity index is 1.22. The van der Waals surface area contributed by atoms with Crippen molar-refractivity contribution in [3.63, 3.8) is 0 Å². The maximum absolute atomic E-state index is 2.51. The Labute approximate surface area is 297 Å². The van der Waals surface area contributed by atoms with E-state index in [0.717, 1.165) is 18.5 Å². The standard InChI is InChI=1S/C50H33N/c1-6-18-40-32(12-1)15-9-25-49(40)51(50-30-34-14-3-5-17-38(34)41-19-7-8-20-46(41)50)36-26-27-39-35(29-36)28-33-13-2-4-16-37(33)42-21-10-23-44-45-24-11-22-43(39)48(45)31-47(42)44/h1-27,29-30H,28,31H2. The molecule has 0 aromatic heterocycles. The lowest BCUT2D eigenvalue weighted by atomic mass is 9.86. The Hall–Kier alpha value is -6.44. The third-order valence-corrected chi connectivity index (χ3v) is 11.3. The molecular weight excluding hydrogens is 615 g/mol. The zero-order chi connectivity index (χ0) is 33.5. The molecule has 2 aliphatic carbocycles. The molecule has 2 bridgehead atoms. The first kappa shape index (κ1) is 28.4. The van der Waals surface area contributed by atoms with Gasteiger partial charge in [-0.1, -0.05) is 152 Å². The predicted molar refractivity (Wildman–Crippen MR) is 216 cm³/mol. The van der Waals surface area contributed by atoms with E-state index in [1.807, 2.05) is 0 Å². The van der Waals surface area contributed by atoms with Crippen molar-refractivity contribution in [3.05, 3.63) is 198 Å². The van der Waals surface area contributed by atoms with Crippen molar-refractivity contribution in [1.82, 2.24) is 0 Å². The molecule has 0 spiro atoms. The molecule has 0 aliphatic heterocycles. The lowest BCUT2D eigenvalue weighted by Gasteiger charge is -2.30. The highest BCUT2D eigenvalue weighted by Crippen LogP contribution is 2.49. The van der Waals surface area contributed by atoms with E-state index in [-0.39, 0.29) is 0 Å². The second-order valence-corrected chi connectivity index (χ2v) is 14.0. The maximum Gasteiger partial charge on any atom is 0.0546 e. The van der Waals surface area contributed by atoms with Gasteiger partial charge in [-0.25, -0.2) is 0 Å². The lowest BCUT2D eigenvalue weighted by Crippen LogP contribution is -2.12. The van der Waals surface area contributed by atoms with Crippen LogP contribution in [0.1, 0.15) is 22.3 Å². The molecule has 0 N–H and O–H groups in total. The van der Waals surface area contributed by atoms with E-state index >= 15 is 0 Å². The van der Waals surface area contributed by atoms with Gasteiger partial charge >= 0.3 is 0 Å². The molecular formula is C50H33N. The summed E-state index contributed by atoms with van der Waals surface area (Å²) in [6, 6.07) is 65.6. The van der Waals surface area contributed by atoms with Crippen LogP contribution >= 0.6 is 0 Å². The minimum atomic E-state index is 0.842. The van der Waals surface area contributed by atoms with E-state index in [1.54, 1.807) is 0 Å².